The van der Waals surface area contributed by atoms with E-state index in [1.54, 1.807) is 24.7 Å². The van der Waals surface area contributed by atoms with Gasteiger partial charge in [-0.05, 0) is 40.7 Å². The fourth-order valence-corrected chi connectivity index (χ4v) is 3.06. The Morgan fingerprint density at radius 3 is 2.76 bits per heavy atom. The molecule has 2 aromatic rings. The number of anilines is 2. The number of piperidine rings is 1. The molecule has 2 aromatic heterocycles. The first-order valence-corrected chi connectivity index (χ1v) is 9.77. The molecule has 0 bridgehead atoms. The molecule has 1 aliphatic rings. The highest BCUT2D eigenvalue weighted by Gasteiger charge is 2.34. The zero-order chi connectivity index (χ0) is 21.2. The lowest BCUT2D eigenvalue weighted by molar-refractivity contribution is 0.0230. The van der Waals surface area contributed by atoms with E-state index in [-0.39, 0.29) is 23.5 Å². The van der Waals surface area contributed by atoms with E-state index in [0.717, 1.165) is 0 Å². The lowest BCUT2D eigenvalue weighted by atomic mass is 9.95. The number of aromatic nitrogens is 4. The summed E-state index contributed by atoms with van der Waals surface area (Å²) in [6.45, 7) is 6.61. The third kappa shape index (κ3) is 4.95. The fraction of sp³-hybridized carbons (Fsp3) is 0.579. The van der Waals surface area contributed by atoms with Crippen LogP contribution in [0, 0.1) is 18.3 Å². The van der Waals surface area contributed by atoms with Gasteiger partial charge in [-0.2, -0.15) is 15.3 Å². The summed E-state index contributed by atoms with van der Waals surface area (Å²) < 4.78 is 22.1. The lowest BCUT2D eigenvalue weighted by Crippen LogP contribution is -2.43. The number of likely N-dealkylation sites (tertiary alicyclic amines) is 1. The fourth-order valence-electron chi connectivity index (χ4n) is 2.92. The molecule has 0 atom stereocenters. The normalized spacial score (nSPS) is 17.0. The second kappa shape index (κ2) is 8.13. The van der Waals surface area contributed by atoms with Crippen molar-refractivity contribution >= 4 is 23.2 Å². The Labute approximate surface area is 174 Å². The maximum atomic E-state index is 14.9. The van der Waals surface area contributed by atoms with E-state index < -0.39 is 11.2 Å². The minimum atomic E-state index is -1.39. The number of hydrogen-bond donors (Lipinski definition) is 1. The molecule has 8 nitrogen and oxygen atoms in total. The van der Waals surface area contributed by atoms with Gasteiger partial charge in [0.25, 0.3) is 0 Å². The molecule has 3 rings (SSSR count). The van der Waals surface area contributed by atoms with Crippen molar-refractivity contribution in [3.63, 3.8) is 0 Å². The maximum absolute atomic E-state index is 14.9. The number of nitriles is 1. The maximum Gasteiger partial charge on any atom is 0.237 e. The van der Waals surface area contributed by atoms with E-state index in [0.29, 0.717) is 37.3 Å². The second-order valence-electron chi connectivity index (χ2n) is 7.96. The highest BCUT2D eigenvalue weighted by atomic mass is 35.5. The van der Waals surface area contributed by atoms with Gasteiger partial charge in [0.1, 0.15) is 22.8 Å². The van der Waals surface area contributed by atoms with Gasteiger partial charge in [0.15, 0.2) is 0 Å². The van der Waals surface area contributed by atoms with Crippen LogP contribution in [0.5, 0.6) is 5.88 Å². The largest absolute Gasteiger partial charge is 0.473 e. The van der Waals surface area contributed by atoms with Gasteiger partial charge in [-0.25, -0.2) is 9.37 Å². The number of rotatable bonds is 6. The summed E-state index contributed by atoms with van der Waals surface area (Å²) in [4.78, 5) is 10.5. The van der Waals surface area contributed by atoms with Crippen LogP contribution in [0.15, 0.2) is 12.4 Å². The molecular formula is C19H25ClFN7O. The summed E-state index contributed by atoms with van der Waals surface area (Å²) >= 11 is 6.14. The van der Waals surface area contributed by atoms with Crippen LogP contribution in [-0.4, -0.2) is 57.1 Å². The van der Waals surface area contributed by atoms with E-state index in [1.807, 2.05) is 14.0 Å². The Bertz CT molecular complexity index is 916. The van der Waals surface area contributed by atoms with Gasteiger partial charge in [-0.1, -0.05) is 11.6 Å². The predicted octanol–water partition coefficient (Wildman–Crippen LogP) is 3.45. The summed E-state index contributed by atoms with van der Waals surface area (Å²) in [5.41, 5.74) is -0.847. The molecule has 1 aliphatic heterocycles. The second-order valence-corrected chi connectivity index (χ2v) is 8.37. The molecule has 0 saturated carbocycles. The van der Waals surface area contributed by atoms with Crippen molar-refractivity contribution < 1.29 is 9.13 Å². The quantitative estimate of drug-likeness (QED) is 0.763. The Morgan fingerprint density at radius 1 is 1.41 bits per heavy atom. The van der Waals surface area contributed by atoms with E-state index in [9.17, 15) is 9.65 Å². The van der Waals surface area contributed by atoms with E-state index in [2.05, 4.69) is 31.4 Å². The average molecular weight is 422 g/mol. The van der Waals surface area contributed by atoms with Crippen LogP contribution in [0.2, 0.25) is 5.02 Å². The molecule has 1 N–H and O–H groups in total. The van der Waals surface area contributed by atoms with Crippen molar-refractivity contribution in [1.82, 2.24) is 24.6 Å². The molecule has 0 radical (unpaired) electrons. The highest BCUT2D eigenvalue weighted by Crippen LogP contribution is 2.30. The molecule has 0 unspecified atom stereocenters. The van der Waals surface area contributed by atoms with Gasteiger partial charge in [-0.3, -0.25) is 4.68 Å². The van der Waals surface area contributed by atoms with Crippen LogP contribution in [0.3, 0.4) is 0 Å². The van der Waals surface area contributed by atoms with Crippen molar-refractivity contribution in [1.29, 1.82) is 5.26 Å². The van der Waals surface area contributed by atoms with Crippen molar-refractivity contribution in [3.8, 4) is 11.9 Å². The zero-order valence-electron chi connectivity index (χ0n) is 17.0. The molecule has 0 aromatic carbocycles. The topological polar surface area (TPSA) is 91.9 Å². The third-order valence-corrected chi connectivity index (χ3v) is 5.31. The van der Waals surface area contributed by atoms with Crippen molar-refractivity contribution in [2.75, 3.05) is 32.1 Å². The van der Waals surface area contributed by atoms with Gasteiger partial charge in [0, 0.05) is 13.1 Å². The first-order chi connectivity index (χ1) is 13.6. The van der Waals surface area contributed by atoms with Crippen molar-refractivity contribution in [3.05, 3.63) is 23.1 Å². The van der Waals surface area contributed by atoms with E-state index in [1.165, 1.54) is 6.20 Å². The molecule has 156 valence electrons. The predicted molar refractivity (Wildman–Crippen MR) is 108 cm³/mol. The molecule has 3 heterocycles. The van der Waals surface area contributed by atoms with Gasteiger partial charge < -0.3 is 15.0 Å². The number of nitrogens with one attached hydrogen (secondary N) is 1. The van der Waals surface area contributed by atoms with Crippen LogP contribution < -0.4 is 10.1 Å². The molecule has 0 aliphatic carbocycles. The van der Waals surface area contributed by atoms with Crippen molar-refractivity contribution in [2.24, 2.45) is 0 Å². The number of nitrogens with zero attached hydrogens (tertiary/aromatic N) is 6. The number of hydrogen-bond acceptors (Lipinski definition) is 7. The molecule has 1 saturated heterocycles. The van der Waals surface area contributed by atoms with Crippen LogP contribution in [-0.2, 0) is 5.54 Å². The minimum absolute atomic E-state index is 0.107. The van der Waals surface area contributed by atoms with Gasteiger partial charge >= 0.3 is 0 Å². The third-order valence-electron chi connectivity index (χ3n) is 5.05. The number of alkyl halides is 1. The molecule has 10 heteroatoms. The summed E-state index contributed by atoms with van der Waals surface area (Å²) in [6.07, 6.45) is 3.94. The van der Waals surface area contributed by atoms with Crippen molar-refractivity contribution in [2.45, 2.75) is 44.8 Å². The summed E-state index contributed by atoms with van der Waals surface area (Å²) in [7, 11) is 1.97. The van der Waals surface area contributed by atoms with Gasteiger partial charge in [0.05, 0.1) is 29.8 Å². The van der Waals surface area contributed by atoms with Gasteiger partial charge in [0.2, 0.25) is 11.8 Å². The first kappa shape index (κ1) is 21.3. The Hall–Kier alpha value is -2.44. The summed E-state index contributed by atoms with van der Waals surface area (Å²) in [5, 5.41) is 16.9. The minimum Gasteiger partial charge on any atom is -0.473 e. The zero-order valence-corrected chi connectivity index (χ0v) is 17.8. The van der Waals surface area contributed by atoms with Crippen LogP contribution >= 0.6 is 11.6 Å². The summed E-state index contributed by atoms with van der Waals surface area (Å²) in [5.74, 6) is 0.376. The Morgan fingerprint density at radius 2 is 2.10 bits per heavy atom. The van der Waals surface area contributed by atoms with E-state index >= 15 is 0 Å². The molecule has 1 fully saturated rings. The Balaban J connectivity index is 1.72. The number of ether oxygens (including phenoxy) is 1. The van der Waals surface area contributed by atoms with Crippen LogP contribution in [0.1, 0.15) is 32.4 Å². The van der Waals surface area contributed by atoms with Gasteiger partial charge in [-0.15, -0.1) is 0 Å². The summed E-state index contributed by atoms with van der Waals surface area (Å²) in [6, 6.07) is 2.20. The number of halogens is 2. The van der Waals surface area contributed by atoms with Crippen LogP contribution in [0.25, 0.3) is 0 Å². The van der Waals surface area contributed by atoms with Crippen LogP contribution in [0.4, 0.5) is 16.0 Å². The number of aryl methyl sites for hydroxylation is 1. The molecule has 0 spiro atoms. The Kier molecular flexibility index (Phi) is 5.96. The molecule has 29 heavy (non-hydrogen) atoms. The lowest BCUT2D eigenvalue weighted by Gasteiger charge is -2.34. The standard InChI is InChI=1S/C19H25ClFN7O/c1-13-15(10-28(26-13)18(2,3)11-22)24-17-23-9-14(20)16(25-17)29-12-19(21)5-7-27(4)8-6-19/h9-10H,5-8,12H2,1-4H3,(H,23,24,25). The smallest absolute Gasteiger partial charge is 0.237 e. The first-order valence-electron chi connectivity index (χ1n) is 9.40. The molecular weight excluding hydrogens is 397 g/mol. The monoisotopic (exact) mass is 421 g/mol. The molecule has 0 amide bonds. The SMILES string of the molecule is Cc1nn(C(C)(C)C#N)cc1Nc1ncc(Cl)c(OCC2(F)CCN(C)CC2)n1. The average Bonchev–Trinajstić information content (AvgIpc) is 3.06. The van der Waals surface area contributed by atoms with E-state index in [4.69, 9.17) is 16.3 Å². The highest BCUT2D eigenvalue weighted by molar-refractivity contribution is 6.31.